The molecule has 0 bridgehead atoms. The molecule has 1 aromatic carbocycles. The molecule has 2 heterocycles. The normalized spacial score (nSPS) is 16.4. The lowest BCUT2D eigenvalue weighted by atomic mass is 10.2. The van der Waals surface area contributed by atoms with E-state index in [9.17, 15) is 0 Å². The van der Waals surface area contributed by atoms with E-state index in [1.165, 1.54) is 0 Å². The van der Waals surface area contributed by atoms with Crippen LogP contribution in [0.1, 0.15) is 0 Å². The van der Waals surface area contributed by atoms with E-state index in [0.29, 0.717) is 0 Å². The Morgan fingerprint density at radius 1 is 1.35 bits per heavy atom. The van der Waals surface area contributed by atoms with Crippen molar-refractivity contribution in [3.8, 4) is 5.75 Å². The number of methoxy groups -OCH3 is 1. The molecule has 0 saturated carbocycles. The van der Waals surface area contributed by atoms with Gasteiger partial charge in [-0.1, -0.05) is 0 Å². The highest BCUT2D eigenvalue weighted by molar-refractivity contribution is 5.91. The van der Waals surface area contributed by atoms with E-state index in [1.54, 1.807) is 7.11 Å². The van der Waals surface area contributed by atoms with Crippen LogP contribution in [-0.2, 0) is 4.74 Å². The van der Waals surface area contributed by atoms with Gasteiger partial charge in [0.05, 0.1) is 25.8 Å². The molecule has 0 spiro atoms. The van der Waals surface area contributed by atoms with Crippen LogP contribution in [0.2, 0.25) is 0 Å². The summed E-state index contributed by atoms with van der Waals surface area (Å²) in [6.45, 7) is 3.30. The lowest BCUT2D eigenvalue weighted by Gasteiger charge is -2.26. The topological polar surface area (TPSA) is 50.4 Å². The number of ether oxygens (including phenoxy) is 2. The number of anilines is 1. The van der Waals surface area contributed by atoms with Crippen molar-refractivity contribution in [1.82, 2.24) is 10.2 Å². The second kappa shape index (κ2) is 4.25. The summed E-state index contributed by atoms with van der Waals surface area (Å²) in [5.74, 6) is 1.84. The third kappa shape index (κ3) is 1.82. The molecule has 17 heavy (non-hydrogen) atoms. The first-order valence-electron chi connectivity index (χ1n) is 5.73. The number of aromatic amines is 1. The van der Waals surface area contributed by atoms with Crippen molar-refractivity contribution in [3.63, 3.8) is 0 Å². The highest BCUT2D eigenvalue weighted by atomic mass is 16.5. The third-order valence-electron chi connectivity index (χ3n) is 3.06. The lowest BCUT2D eigenvalue weighted by Crippen LogP contribution is -2.36. The van der Waals surface area contributed by atoms with Crippen LogP contribution in [0.5, 0.6) is 5.75 Å². The molecule has 1 saturated heterocycles. The van der Waals surface area contributed by atoms with Gasteiger partial charge in [0, 0.05) is 18.5 Å². The maximum Gasteiger partial charge on any atom is 0.158 e. The summed E-state index contributed by atoms with van der Waals surface area (Å²) in [6.07, 6.45) is 0. The molecular weight excluding hydrogens is 218 g/mol. The highest BCUT2D eigenvalue weighted by Crippen LogP contribution is 2.28. The quantitative estimate of drug-likeness (QED) is 0.852. The molecule has 1 aromatic heterocycles. The van der Waals surface area contributed by atoms with E-state index in [1.807, 2.05) is 18.2 Å². The van der Waals surface area contributed by atoms with E-state index < -0.39 is 0 Å². The summed E-state index contributed by atoms with van der Waals surface area (Å²) in [5, 5.41) is 8.54. The van der Waals surface area contributed by atoms with Crippen molar-refractivity contribution in [1.29, 1.82) is 0 Å². The van der Waals surface area contributed by atoms with Crippen LogP contribution >= 0.6 is 0 Å². The van der Waals surface area contributed by atoms with Gasteiger partial charge in [-0.2, -0.15) is 5.10 Å². The third-order valence-corrected chi connectivity index (χ3v) is 3.06. The van der Waals surface area contributed by atoms with Crippen LogP contribution < -0.4 is 9.64 Å². The molecule has 0 radical (unpaired) electrons. The number of nitrogens with zero attached hydrogens (tertiary/aromatic N) is 2. The Kier molecular flexibility index (Phi) is 2.60. The SMILES string of the molecule is COc1ccc2[nH]nc(N3CCOCC3)c2c1. The molecule has 1 fully saturated rings. The van der Waals surface area contributed by atoms with Gasteiger partial charge in [-0.05, 0) is 18.2 Å². The fourth-order valence-corrected chi connectivity index (χ4v) is 2.12. The zero-order valence-electron chi connectivity index (χ0n) is 9.77. The zero-order valence-corrected chi connectivity index (χ0v) is 9.77. The van der Waals surface area contributed by atoms with Crippen LogP contribution in [0.15, 0.2) is 18.2 Å². The Balaban J connectivity index is 2.02. The predicted molar refractivity (Wildman–Crippen MR) is 65.7 cm³/mol. The number of hydrogen-bond donors (Lipinski definition) is 1. The van der Waals surface area contributed by atoms with Crippen molar-refractivity contribution in [2.75, 3.05) is 38.3 Å². The summed E-state index contributed by atoms with van der Waals surface area (Å²) >= 11 is 0. The lowest BCUT2D eigenvalue weighted by molar-refractivity contribution is 0.122. The molecule has 5 heteroatoms. The number of aromatic nitrogens is 2. The van der Waals surface area contributed by atoms with Gasteiger partial charge in [-0.3, -0.25) is 5.10 Å². The molecule has 1 aliphatic heterocycles. The minimum atomic E-state index is 0.762. The molecule has 90 valence electrons. The Morgan fingerprint density at radius 2 is 2.18 bits per heavy atom. The number of H-pyrrole nitrogens is 1. The number of rotatable bonds is 2. The maximum atomic E-state index is 5.35. The summed E-state index contributed by atoms with van der Waals surface area (Å²) in [5.41, 5.74) is 1.03. The summed E-state index contributed by atoms with van der Waals surface area (Å²) in [6, 6.07) is 5.94. The first-order chi connectivity index (χ1) is 8.38. The number of benzene rings is 1. The van der Waals surface area contributed by atoms with E-state index in [2.05, 4.69) is 15.1 Å². The van der Waals surface area contributed by atoms with Gasteiger partial charge in [0.25, 0.3) is 0 Å². The van der Waals surface area contributed by atoms with Crippen molar-refractivity contribution in [2.45, 2.75) is 0 Å². The molecule has 0 unspecified atom stereocenters. The number of morpholine rings is 1. The summed E-state index contributed by atoms with van der Waals surface area (Å²) < 4.78 is 10.6. The van der Waals surface area contributed by atoms with Crippen molar-refractivity contribution < 1.29 is 9.47 Å². The minimum Gasteiger partial charge on any atom is -0.497 e. The molecule has 1 N–H and O–H groups in total. The predicted octanol–water partition coefficient (Wildman–Crippen LogP) is 1.41. The Labute approximate surface area is 99.3 Å². The zero-order chi connectivity index (χ0) is 11.7. The average Bonchev–Trinajstić information content (AvgIpc) is 2.82. The van der Waals surface area contributed by atoms with Crippen LogP contribution in [0.3, 0.4) is 0 Å². The molecule has 2 aromatic rings. The van der Waals surface area contributed by atoms with Crippen molar-refractivity contribution in [3.05, 3.63) is 18.2 Å². The monoisotopic (exact) mass is 233 g/mol. The van der Waals surface area contributed by atoms with E-state index in [-0.39, 0.29) is 0 Å². The minimum absolute atomic E-state index is 0.762. The first kappa shape index (κ1) is 10.4. The van der Waals surface area contributed by atoms with Crippen LogP contribution in [0.4, 0.5) is 5.82 Å². The second-order valence-corrected chi connectivity index (χ2v) is 4.06. The Bertz CT molecular complexity index is 517. The van der Waals surface area contributed by atoms with Gasteiger partial charge in [-0.15, -0.1) is 0 Å². The van der Waals surface area contributed by atoms with Gasteiger partial charge in [0.15, 0.2) is 5.82 Å². The largest absolute Gasteiger partial charge is 0.497 e. The van der Waals surface area contributed by atoms with Gasteiger partial charge < -0.3 is 14.4 Å². The molecule has 5 nitrogen and oxygen atoms in total. The van der Waals surface area contributed by atoms with E-state index >= 15 is 0 Å². The molecule has 0 aliphatic carbocycles. The van der Waals surface area contributed by atoms with Crippen molar-refractivity contribution in [2.24, 2.45) is 0 Å². The number of nitrogens with one attached hydrogen (secondary N) is 1. The van der Waals surface area contributed by atoms with Gasteiger partial charge >= 0.3 is 0 Å². The van der Waals surface area contributed by atoms with Crippen LogP contribution in [-0.4, -0.2) is 43.6 Å². The Morgan fingerprint density at radius 3 is 2.94 bits per heavy atom. The van der Waals surface area contributed by atoms with Crippen molar-refractivity contribution >= 4 is 16.7 Å². The Hall–Kier alpha value is -1.75. The van der Waals surface area contributed by atoms with Gasteiger partial charge in [-0.25, -0.2) is 0 Å². The van der Waals surface area contributed by atoms with E-state index in [4.69, 9.17) is 9.47 Å². The molecular formula is C12H15N3O2. The fourth-order valence-electron chi connectivity index (χ4n) is 2.12. The molecule has 0 atom stereocenters. The van der Waals surface area contributed by atoms with Crippen LogP contribution in [0, 0.1) is 0 Å². The maximum absolute atomic E-state index is 5.35. The number of fused-ring (bicyclic) bond motifs is 1. The average molecular weight is 233 g/mol. The molecule has 1 aliphatic rings. The van der Waals surface area contributed by atoms with E-state index in [0.717, 1.165) is 48.8 Å². The fraction of sp³-hybridized carbons (Fsp3) is 0.417. The number of hydrogen-bond acceptors (Lipinski definition) is 4. The second-order valence-electron chi connectivity index (χ2n) is 4.06. The molecule has 3 rings (SSSR count). The van der Waals surface area contributed by atoms with Crippen LogP contribution in [0.25, 0.3) is 10.9 Å². The highest BCUT2D eigenvalue weighted by Gasteiger charge is 2.16. The first-order valence-corrected chi connectivity index (χ1v) is 5.73. The summed E-state index contributed by atoms with van der Waals surface area (Å²) in [4.78, 5) is 2.24. The summed E-state index contributed by atoms with van der Waals surface area (Å²) in [7, 11) is 1.68. The van der Waals surface area contributed by atoms with Gasteiger partial charge in [0.1, 0.15) is 5.75 Å². The van der Waals surface area contributed by atoms with Gasteiger partial charge in [0.2, 0.25) is 0 Å². The standard InChI is InChI=1S/C12H15N3O2/c1-16-9-2-3-11-10(8-9)12(14-13-11)15-4-6-17-7-5-15/h2-3,8H,4-7H2,1H3,(H,13,14). The molecule has 0 amide bonds. The smallest absolute Gasteiger partial charge is 0.158 e.